The molecule has 0 bridgehead atoms. The van der Waals surface area contributed by atoms with Crippen molar-refractivity contribution in [1.29, 1.82) is 0 Å². The Labute approximate surface area is 107 Å². The summed E-state index contributed by atoms with van der Waals surface area (Å²) in [5, 5.41) is 0.162. The maximum absolute atomic E-state index is 5.81. The van der Waals surface area contributed by atoms with Gasteiger partial charge in [0.15, 0.2) is 0 Å². The molecule has 1 aromatic heterocycles. The first kappa shape index (κ1) is 14.0. The molecule has 0 spiro atoms. The molecular weight excluding hydrogens is 240 g/mol. The van der Waals surface area contributed by atoms with Crippen LogP contribution < -0.4 is 10.5 Å². The molecule has 0 atom stereocenters. The van der Waals surface area contributed by atoms with Gasteiger partial charge in [0, 0.05) is 6.54 Å². The van der Waals surface area contributed by atoms with Crippen LogP contribution in [0.2, 0.25) is 5.28 Å². The summed E-state index contributed by atoms with van der Waals surface area (Å²) in [6.07, 6.45) is 0. The monoisotopic (exact) mass is 258 g/mol. The lowest BCUT2D eigenvalue weighted by molar-refractivity contribution is 0.218. The number of aromatic nitrogens is 2. The molecule has 2 N–H and O–H groups in total. The van der Waals surface area contributed by atoms with Gasteiger partial charge in [0.05, 0.1) is 5.69 Å². The van der Waals surface area contributed by atoms with Gasteiger partial charge in [-0.1, -0.05) is 13.8 Å². The van der Waals surface area contributed by atoms with Gasteiger partial charge in [-0.3, -0.25) is 0 Å². The molecule has 6 heteroatoms. The van der Waals surface area contributed by atoms with E-state index in [-0.39, 0.29) is 5.28 Å². The lowest BCUT2D eigenvalue weighted by Gasteiger charge is -2.18. The van der Waals surface area contributed by atoms with E-state index in [0.29, 0.717) is 23.9 Å². The molecule has 1 heterocycles. The van der Waals surface area contributed by atoms with Crippen molar-refractivity contribution >= 4 is 17.3 Å². The summed E-state index contributed by atoms with van der Waals surface area (Å²) in [5.74, 6) is 0.370. The van der Waals surface area contributed by atoms with E-state index >= 15 is 0 Å². The molecular formula is C11H19ClN4O. The van der Waals surface area contributed by atoms with Crippen LogP contribution in [0.3, 0.4) is 0 Å². The molecule has 0 aliphatic carbocycles. The number of rotatable bonds is 6. The van der Waals surface area contributed by atoms with Crippen LogP contribution >= 0.6 is 11.6 Å². The van der Waals surface area contributed by atoms with Crippen molar-refractivity contribution in [3.63, 3.8) is 0 Å². The second-order valence-corrected chi connectivity index (χ2v) is 4.01. The van der Waals surface area contributed by atoms with Crippen LogP contribution in [-0.4, -0.2) is 41.1 Å². The van der Waals surface area contributed by atoms with Crippen molar-refractivity contribution in [3.8, 4) is 5.88 Å². The highest BCUT2D eigenvalue weighted by atomic mass is 35.5. The van der Waals surface area contributed by atoms with Gasteiger partial charge in [-0.15, -0.1) is 0 Å². The molecule has 1 aromatic rings. The first-order valence-corrected chi connectivity index (χ1v) is 6.11. The Bertz CT molecular complexity index is 369. The summed E-state index contributed by atoms with van der Waals surface area (Å²) < 4.78 is 5.53. The third-order valence-electron chi connectivity index (χ3n) is 2.61. The third-order valence-corrected chi connectivity index (χ3v) is 2.78. The number of aryl methyl sites for hydroxylation is 1. The fourth-order valence-corrected chi connectivity index (χ4v) is 1.65. The Morgan fingerprint density at radius 1 is 1.29 bits per heavy atom. The minimum Gasteiger partial charge on any atom is -0.475 e. The Kier molecular flexibility index (Phi) is 5.44. The van der Waals surface area contributed by atoms with Crippen LogP contribution in [0, 0.1) is 6.92 Å². The highest BCUT2D eigenvalue weighted by Crippen LogP contribution is 2.22. The van der Waals surface area contributed by atoms with E-state index in [9.17, 15) is 0 Å². The number of anilines is 1. The largest absolute Gasteiger partial charge is 0.475 e. The minimum atomic E-state index is 0.162. The number of hydrogen-bond donors (Lipinski definition) is 1. The van der Waals surface area contributed by atoms with Crippen molar-refractivity contribution in [3.05, 3.63) is 11.0 Å². The number of halogens is 1. The molecule has 0 saturated heterocycles. The molecule has 17 heavy (non-hydrogen) atoms. The van der Waals surface area contributed by atoms with E-state index in [1.165, 1.54) is 0 Å². The predicted molar refractivity (Wildman–Crippen MR) is 69.5 cm³/mol. The van der Waals surface area contributed by atoms with Crippen LogP contribution in [0.4, 0.5) is 5.69 Å². The van der Waals surface area contributed by atoms with Crippen molar-refractivity contribution in [1.82, 2.24) is 14.9 Å². The van der Waals surface area contributed by atoms with Gasteiger partial charge in [0.1, 0.15) is 12.3 Å². The molecule has 0 aliphatic rings. The first-order chi connectivity index (χ1) is 8.08. The van der Waals surface area contributed by atoms with E-state index in [0.717, 1.165) is 19.6 Å². The second-order valence-electron chi connectivity index (χ2n) is 3.67. The fraction of sp³-hybridized carbons (Fsp3) is 0.636. The number of likely N-dealkylation sites (N-methyl/N-ethyl adjacent to an activating group) is 1. The minimum absolute atomic E-state index is 0.162. The molecule has 0 unspecified atom stereocenters. The molecule has 0 radical (unpaired) electrons. The van der Waals surface area contributed by atoms with E-state index < -0.39 is 0 Å². The van der Waals surface area contributed by atoms with E-state index in [2.05, 4.69) is 28.7 Å². The zero-order valence-corrected chi connectivity index (χ0v) is 11.3. The zero-order valence-electron chi connectivity index (χ0n) is 10.5. The van der Waals surface area contributed by atoms with Gasteiger partial charge < -0.3 is 15.4 Å². The molecule has 0 fully saturated rings. The lowest BCUT2D eigenvalue weighted by atomic mass is 10.4. The van der Waals surface area contributed by atoms with E-state index in [1.54, 1.807) is 6.92 Å². The number of ether oxygens (including phenoxy) is 1. The third kappa shape index (κ3) is 4.02. The molecule has 0 amide bonds. The van der Waals surface area contributed by atoms with Crippen molar-refractivity contribution < 1.29 is 4.74 Å². The topological polar surface area (TPSA) is 64.3 Å². The van der Waals surface area contributed by atoms with Crippen LogP contribution in [0.1, 0.15) is 19.5 Å². The quantitative estimate of drug-likeness (QED) is 0.788. The standard InChI is InChI=1S/C11H19ClN4O/c1-4-16(5-2)6-7-17-10-9(13)8(3)14-11(12)15-10/h4-7,13H2,1-3H3. The van der Waals surface area contributed by atoms with Crippen molar-refractivity contribution in [2.45, 2.75) is 20.8 Å². The molecule has 0 saturated carbocycles. The summed E-state index contributed by atoms with van der Waals surface area (Å²) in [6.45, 7) is 9.39. The van der Waals surface area contributed by atoms with E-state index in [1.807, 2.05) is 0 Å². The highest BCUT2D eigenvalue weighted by molar-refractivity contribution is 6.28. The number of nitrogens with zero attached hydrogens (tertiary/aromatic N) is 3. The second kappa shape index (κ2) is 6.61. The number of hydrogen-bond acceptors (Lipinski definition) is 5. The zero-order chi connectivity index (χ0) is 12.8. The molecule has 0 aliphatic heterocycles. The van der Waals surface area contributed by atoms with Gasteiger partial charge in [0.25, 0.3) is 0 Å². The van der Waals surface area contributed by atoms with Crippen LogP contribution in [0.5, 0.6) is 5.88 Å². The Balaban J connectivity index is 2.57. The van der Waals surface area contributed by atoms with Gasteiger partial charge in [-0.25, -0.2) is 4.98 Å². The summed E-state index contributed by atoms with van der Waals surface area (Å²) in [4.78, 5) is 10.2. The number of nitrogen functional groups attached to an aromatic ring is 1. The van der Waals surface area contributed by atoms with Crippen molar-refractivity contribution in [2.24, 2.45) is 0 Å². The SMILES string of the molecule is CCN(CC)CCOc1nc(Cl)nc(C)c1N. The maximum atomic E-state index is 5.81. The van der Waals surface area contributed by atoms with Crippen molar-refractivity contribution in [2.75, 3.05) is 32.0 Å². The van der Waals surface area contributed by atoms with Gasteiger partial charge >= 0.3 is 0 Å². The average molecular weight is 259 g/mol. The average Bonchev–Trinajstić information content (AvgIpc) is 2.30. The normalized spacial score (nSPS) is 10.9. The maximum Gasteiger partial charge on any atom is 0.241 e. The molecule has 0 aromatic carbocycles. The smallest absolute Gasteiger partial charge is 0.241 e. The highest BCUT2D eigenvalue weighted by Gasteiger charge is 2.09. The van der Waals surface area contributed by atoms with Crippen LogP contribution in [0.25, 0.3) is 0 Å². The Hall–Kier alpha value is -1.07. The summed E-state index contributed by atoms with van der Waals surface area (Å²) in [5.41, 5.74) is 6.91. The lowest BCUT2D eigenvalue weighted by Crippen LogP contribution is -2.28. The predicted octanol–water partition coefficient (Wildman–Crippen LogP) is 1.74. The molecule has 96 valence electrons. The summed E-state index contributed by atoms with van der Waals surface area (Å²) >= 11 is 5.75. The van der Waals surface area contributed by atoms with Gasteiger partial charge in [0.2, 0.25) is 11.2 Å². The van der Waals surface area contributed by atoms with Gasteiger partial charge in [-0.2, -0.15) is 4.98 Å². The first-order valence-electron chi connectivity index (χ1n) is 5.73. The van der Waals surface area contributed by atoms with Crippen LogP contribution in [-0.2, 0) is 0 Å². The summed E-state index contributed by atoms with van der Waals surface area (Å²) in [6, 6.07) is 0. The Morgan fingerprint density at radius 3 is 2.53 bits per heavy atom. The van der Waals surface area contributed by atoms with Gasteiger partial charge in [-0.05, 0) is 31.6 Å². The van der Waals surface area contributed by atoms with Crippen LogP contribution in [0.15, 0.2) is 0 Å². The Morgan fingerprint density at radius 2 is 1.94 bits per heavy atom. The van der Waals surface area contributed by atoms with E-state index in [4.69, 9.17) is 22.1 Å². The fourth-order valence-electron chi connectivity index (χ4n) is 1.44. The molecule has 1 rings (SSSR count). The number of nitrogens with two attached hydrogens (primary N) is 1. The molecule has 5 nitrogen and oxygen atoms in total. The summed E-state index contributed by atoms with van der Waals surface area (Å²) in [7, 11) is 0.